The van der Waals surface area contributed by atoms with E-state index in [9.17, 15) is 0 Å². The molecule has 2 aromatic heterocycles. The molecule has 138 valence electrons. The Morgan fingerprint density at radius 1 is 0.667 bits per heavy atom. The van der Waals surface area contributed by atoms with Gasteiger partial charge in [-0.25, -0.2) is 15.0 Å². The highest BCUT2D eigenvalue weighted by molar-refractivity contribution is 7.26. The number of hydrogen-bond acceptors (Lipinski definition) is 4. The smallest absolute Gasteiger partial charge is 0.164 e. The molecule has 27 heavy (non-hydrogen) atoms. The highest BCUT2D eigenvalue weighted by Crippen LogP contribution is 2.39. The summed E-state index contributed by atoms with van der Waals surface area (Å²) in [6.07, 6.45) is 0. The van der Waals surface area contributed by atoms with Crippen molar-refractivity contribution in [1.29, 1.82) is 0 Å². The highest BCUT2D eigenvalue weighted by atomic mass is 32.1. The van der Waals surface area contributed by atoms with Gasteiger partial charge < -0.3 is 0 Å². The molecule has 4 rings (SSSR count). The predicted octanol–water partition coefficient (Wildman–Crippen LogP) is 6.50. The first-order chi connectivity index (χ1) is 12.6. The molecular formula is C23H25N3S. The first kappa shape index (κ1) is 18.1. The summed E-state index contributed by atoms with van der Waals surface area (Å²) in [4.78, 5) is 14.6. The summed E-state index contributed by atoms with van der Waals surface area (Å²) in [5, 5.41) is 2.56. The quantitative estimate of drug-likeness (QED) is 0.381. The summed E-state index contributed by atoms with van der Waals surface area (Å²) in [7, 11) is 0. The number of nitrogens with zero attached hydrogens (tertiary/aromatic N) is 3. The minimum Gasteiger partial charge on any atom is -0.217 e. The fraction of sp³-hybridized carbons (Fsp3) is 0.348. The van der Waals surface area contributed by atoms with Crippen molar-refractivity contribution < 1.29 is 0 Å². The summed E-state index contributed by atoms with van der Waals surface area (Å²) in [6.45, 7) is 12.9. The number of benzene rings is 2. The molecule has 3 nitrogen and oxygen atoms in total. The van der Waals surface area contributed by atoms with Crippen LogP contribution >= 0.6 is 11.3 Å². The number of hydrogen-bond donors (Lipinski definition) is 0. The lowest BCUT2D eigenvalue weighted by atomic mass is 9.93. The minimum absolute atomic E-state index is 0.133. The van der Waals surface area contributed by atoms with E-state index in [0.29, 0.717) is 0 Å². The van der Waals surface area contributed by atoms with Crippen LogP contribution in [-0.4, -0.2) is 15.0 Å². The van der Waals surface area contributed by atoms with Gasteiger partial charge in [-0.05, 0) is 12.1 Å². The zero-order valence-electron chi connectivity index (χ0n) is 16.8. The second-order valence-electron chi connectivity index (χ2n) is 9.09. The summed E-state index contributed by atoms with van der Waals surface area (Å²) in [6, 6.07) is 15.0. The van der Waals surface area contributed by atoms with E-state index in [0.717, 1.165) is 23.0 Å². The molecule has 0 aliphatic rings. The fourth-order valence-corrected chi connectivity index (χ4v) is 4.30. The molecule has 2 aromatic carbocycles. The van der Waals surface area contributed by atoms with E-state index in [1.54, 1.807) is 0 Å². The van der Waals surface area contributed by atoms with Gasteiger partial charge >= 0.3 is 0 Å². The molecule has 0 aliphatic heterocycles. The Labute approximate surface area is 164 Å². The lowest BCUT2D eigenvalue weighted by Crippen LogP contribution is -2.24. The normalized spacial score (nSPS) is 12.8. The summed E-state index contributed by atoms with van der Waals surface area (Å²) in [5.41, 5.74) is 0.824. The molecule has 0 bridgehead atoms. The fourth-order valence-electron chi connectivity index (χ4n) is 3.09. The predicted molar refractivity (Wildman–Crippen MR) is 116 cm³/mol. The molecular weight excluding hydrogens is 350 g/mol. The topological polar surface area (TPSA) is 38.7 Å². The molecule has 0 saturated heterocycles. The van der Waals surface area contributed by atoms with Crippen molar-refractivity contribution in [3.05, 3.63) is 54.1 Å². The van der Waals surface area contributed by atoms with Crippen LogP contribution in [-0.2, 0) is 10.8 Å². The molecule has 2 heterocycles. The Hall–Kier alpha value is -2.33. The molecule has 4 heteroatoms. The molecule has 0 N–H and O–H groups in total. The van der Waals surface area contributed by atoms with Gasteiger partial charge in [0.25, 0.3) is 0 Å². The lowest BCUT2D eigenvalue weighted by Gasteiger charge is -2.22. The van der Waals surface area contributed by atoms with Crippen LogP contribution in [0, 0.1) is 0 Å². The minimum atomic E-state index is -0.133. The average molecular weight is 376 g/mol. The molecule has 0 aliphatic carbocycles. The van der Waals surface area contributed by atoms with Crippen LogP contribution in [0.5, 0.6) is 0 Å². The van der Waals surface area contributed by atoms with Crippen molar-refractivity contribution in [2.24, 2.45) is 0 Å². The number of fused-ring (bicyclic) bond motifs is 3. The van der Waals surface area contributed by atoms with E-state index in [-0.39, 0.29) is 10.8 Å². The van der Waals surface area contributed by atoms with Gasteiger partial charge in [-0.2, -0.15) is 0 Å². The van der Waals surface area contributed by atoms with Gasteiger partial charge in [0, 0.05) is 36.6 Å². The molecule has 0 unspecified atom stereocenters. The van der Waals surface area contributed by atoms with Gasteiger partial charge in [0.2, 0.25) is 0 Å². The Kier molecular flexibility index (Phi) is 4.08. The molecule has 0 atom stereocenters. The molecule has 0 amide bonds. The maximum atomic E-state index is 4.89. The second-order valence-corrected chi connectivity index (χ2v) is 10.1. The zero-order chi connectivity index (χ0) is 19.4. The standard InChI is InChI=1S/C23H25N3S/c1-22(2,3)20-24-19(25-21(26-20)23(4,5)6)16-12-9-11-15-14-10-7-8-13-17(14)27-18(15)16/h7-13H,1-6H3. The van der Waals surface area contributed by atoms with Crippen molar-refractivity contribution in [3.63, 3.8) is 0 Å². The Morgan fingerprint density at radius 2 is 1.26 bits per heavy atom. The third kappa shape index (κ3) is 3.23. The third-order valence-electron chi connectivity index (χ3n) is 4.62. The van der Waals surface area contributed by atoms with Crippen LogP contribution in [0.4, 0.5) is 0 Å². The Bertz CT molecular complexity index is 1110. The van der Waals surface area contributed by atoms with E-state index in [1.807, 2.05) is 11.3 Å². The number of rotatable bonds is 1. The van der Waals surface area contributed by atoms with Crippen LogP contribution in [0.15, 0.2) is 42.5 Å². The van der Waals surface area contributed by atoms with E-state index in [1.165, 1.54) is 20.2 Å². The molecule has 0 saturated carbocycles. The molecule has 0 spiro atoms. The molecule has 0 fully saturated rings. The maximum absolute atomic E-state index is 4.89. The molecule has 0 radical (unpaired) electrons. The van der Waals surface area contributed by atoms with Crippen LogP contribution < -0.4 is 0 Å². The second kappa shape index (κ2) is 6.10. The largest absolute Gasteiger partial charge is 0.217 e. The van der Waals surface area contributed by atoms with Crippen LogP contribution in [0.2, 0.25) is 0 Å². The van der Waals surface area contributed by atoms with Crippen molar-refractivity contribution in [2.75, 3.05) is 0 Å². The first-order valence-electron chi connectivity index (χ1n) is 9.32. The number of thiophene rings is 1. The van der Waals surface area contributed by atoms with Gasteiger partial charge in [-0.3, -0.25) is 0 Å². The van der Waals surface area contributed by atoms with Gasteiger partial charge in [0.05, 0.1) is 0 Å². The van der Waals surface area contributed by atoms with Gasteiger partial charge in [0.15, 0.2) is 5.82 Å². The van der Waals surface area contributed by atoms with E-state index in [4.69, 9.17) is 15.0 Å². The van der Waals surface area contributed by atoms with E-state index >= 15 is 0 Å². The van der Waals surface area contributed by atoms with Crippen molar-refractivity contribution >= 4 is 31.5 Å². The highest BCUT2D eigenvalue weighted by Gasteiger charge is 2.26. The van der Waals surface area contributed by atoms with E-state index < -0.39 is 0 Å². The Balaban J connectivity index is 2.03. The first-order valence-corrected chi connectivity index (χ1v) is 10.1. The molecule has 4 aromatic rings. The van der Waals surface area contributed by atoms with Crippen LogP contribution in [0.3, 0.4) is 0 Å². The third-order valence-corrected chi connectivity index (χ3v) is 5.84. The summed E-state index contributed by atoms with van der Waals surface area (Å²) >= 11 is 1.81. The van der Waals surface area contributed by atoms with Gasteiger partial charge in [-0.1, -0.05) is 71.9 Å². The van der Waals surface area contributed by atoms with Crippen molar-refractivity contribution in [2.45, 2.75) is 52.4 Å². The summed E-state index contributed by atoms with van der Waals surface area (Å²) in [5.74, 6) is 2.46. The van der Waals surface area contributed by atoms with Crippen LogP contribution in [0.25, 0.3) is 31.6 Å². The zero-order valence-corrected chi connectivity index (χ0v) is 17.6. The average Bonchev–Trinajstić information content (AvgIpc) is 2.98. The lowest BCUT2D eigenvalue weighted by molar-refractivity contribution is 0.497. The monoisotopic (exact) mass is 375 g/mol. The van der Waals surface area contributed by atoms with Gasteiger partial charge in [0.1, 0.15) is 11.6 Å². The number of aromatic nitrogens is 3. The maximum Gasteiger partial charge on any atom is 0.164 e. The van der Waals surface area contributed by atoms with E-state index in [2.05, 4.69) is 84.0 Å². The SMILES string of the molecule is CC(C)(C)c1nc(-c2cccc3c2sc2ccccc23)nc(C(C)(C)C)n1. The van der Waals surface area contributed by atoms with Crippen molar-refractivity contribution in [1.82, 2.24) is 15.0 Å². The Morgan fingerprint density at radius 3 is 1.89 bits per heavy atom. The summed E-state index contributed by atoms with van der Waals surface area (Å²) < 4.78 is 2.53. The van der Waals surface area contributed by atoms with Crippen molar-refractivity contribution in [3.8, 4) is 11.4 Å². The van der Waals surface area contributed by atoms with Crippen LogP contribution in [0.1, 0.15) is 53.2 Å². The van der Waals surface area contributed by atoms with Gasteiger partial charge in [-0.15, -0.1) is 11.3 Å².